The van der Waals surface area contributed by atoms with E-state index >= 15 is 0 Å². The van der Waals surface area contributed by atoms with E-state index in [1.165, 1.54) is 18.5 Å². The summed E-state index contributed by atoms with van der Waals surface area (Å²) in [6.07, 6.45) is 4.15. The molecule has 0 aromatic carbocycles. The van der Waals surface area contributed by atoms with E-state index in [0.717, 1.165) is 6.20 Å². The summed E-state index contributed by atoms with van der Waals surface area (Å²) < 4.78 is 12.5. The first kappa shape index (κ1) is 6.15. The number of halogens is 1. The van der Waals surface area contributed by atoms with Crippen molar-refractivity contribution < 1.29 is 4.39 Å². The van der Waals surface area contributed by atoms with E-state index in [0.29, 0.717) is 11.2 Å². The molecule has 3 nitrogen and oxygen atoms in total. The first-order valence-electron chi connectivity index (χ1n) is 3.08. The van der Waals surface area contributed by atoms with Crippen LogP contribution in [0.15, 0.2) is 24.7 Å². The van der Waals surface area contributed by atoms with Crippen molar-refractivity contribution in [3.63, 3.8) is 0 Å². The summed E-state index contributed by atoms with van der Waals surface area (Å²) in [5.41, 5.74) is 0.946. The second-order valence-electron chi connectivity index (χ2n) is 2.05. The van der Waals surface area contributed by atoms with E-state index in [2.05, 4.69) is 15.0 Å². The Hall–Kier alpha value is -1.58. The molecule has 0 atom stereocenters. The van der Waals surface area contributed by atoms with Crippen molar-refractivity contribution in [2.45, 2.75) is 0 Å². The van der Waals surface area contributed by atoms with E-state index in [-0.39, 0.29) is 0 Å². The zero-order valence-electron chi connectivity index (χ0n) is 5.53. The van der Waals surface area contributed by atoms with Gasteiger partial charge in [-0.05, 0) is 0 Å². The summed E-state index contributed by atoms with van der Waals surface area (Å²) >= 11 is 0. The molecule has 0 radical (unpaired) electrons. The van der Waals surface area contributed by atoms with Crippen LogP contribution >= 0.6 is 0 Å². The molecule has 0 aliphatic heterocycles. The number of hydrogen-bond acceptors (Lipinski definition) is 3. The average molecular weight is 149 g/mol. The molecule has 0 unspecified atom stereocenters. The molecular formula is C7H4FN3. The van der Waals surface area contributed by atoms with Gasteiger partial charge in [0.25, 0.3) is 0 Å². The fraction of sp³-hybridized carbons (Fsp3) is 0. The third-order valence-corrected chi connectivity index (χ3v) is 1.29. The summed E-state index contributed by atoms with van der Waals surface area (Å²) in [7, 11) is 0. The average Bonchev–Trinajstić information content (AvgIpc) is 2.04. The van der Waals surface area contributed by atoms with Crippen LogP contribution in [-0.4, -0.2) is 15.0 Å². The molecule has 0 saturated carbocycles. The quantitative estimate of drug-likeness (QED) is 0.564. The molecule has 0 spiro atoms. The predicted octanol–water partition coefficient (Wildman–Crippen LogP) is 1.16. The van der Waals surface area contributed by atoms with Gasteiger partial charge in [-0.2, -0.15) is 0 Å². The zero-order valence-corrected chi connectivity index (χ0v) is 5.53. The van der Waals surface area contributed by atoms with Crippen LogP contribution in [0.4, 0.5) is 4.39 Å². The molecule has 0 amide bonds. The monoisotopic (exact) mass is 149 g/mol. The van der Waals surface area contributed by atoms with Crippen LogP contribution in [0.25, 0.3) is 11.2 Å². The molecule has 0 aliphatic carbocycles. The topological polar surface area (TPSA) is 38.7 Å². The molecule has 0 bridgehead atoms. The lowest BCUT2D eigenvalue weighted by molar-refractivity contribution is 0.623. The zero-order chi connectivity index (χ0) is 7.68. The van der Waals surface area contributed by atoms with Crippen LogP contribution in [0.5, 0.6) is 0 Å². The Kier molecular flexibility index (Phi) is 1.25. The van der Waals surface area contributed by atoms with Gasteiger partial charge in [0.05, 0.1) is 6.20 Å². The minimum Gasteiger partial charge on any atom is -0.251 e. The van der Waals surface area contributed by atoms with Gasteiger partial charge in [-0.15, -0.1) is 0 Å². The van der Waals surface area contributed by atoms with Gasteiger partial charge in [-0.3, -0.25) is 4.98 Å². The first-order chi connectivity index (χ1) is 5.36. The smallest absolute Gasteiger partial charge is 0.178 e. The van der Waals surface area contributed by atoms with Gasteiger partial charge >= 0.3 is 0 Å². The predicted molar refractivity (Wildman–Crippen MR) is 37.3 cm³/mol. The van der Waals surface area contributed by atoms with Crippen molar-refractivity contribution in [1.29, 1.82) is 0 Å². The first-order valence-corrected chi connectivity index (χ1v) is 3.08. The summed E-state index contributed by atoms with van der Waals surface area (Å²) in [6.45, 7) is 0. The highest BCUT2D eigenvalue weighted by Crippen LogP contribution is 2.04. The summed E-state index contributed by atoms with van der Waals surface area (Å²) in [5, 5.41) is 0. The third kappa shape index (κ3) is 1.02. The Morgan fingerprint density at radius 3 is 2.82 bits per heavy atom. The molecule has 0 aliphatic rings. The van der Waals surface area contributed by atoms with Gasteiger partial charge in [0.1, 0.15) is 11.3 Å². The third-order valence-electron chi connectivity index (χ3n) is 1.29. The fourth-order valence-corrected chi connectivity index (χ4v) is 0.833. The minimum atomic E-state index is -0.391. The summed E-state index contributed by atoms with van der Waals surface area (Å²) in [5.74, 6) is -0.391. The number of aromatic nitrogens is 3. The van der Waals surface area contributed by atoms with E-state index in [4.69, 9.17) is 0 Å². The van der Waals surface area contributed by atoms with E-state index in [9.17, 15) is 4.39 Å². The van der Waals surface area contributed by atoms with Gasteiger partial charge in [-0.1, -0.05) is 0 Å². The normalized spacial score (nSPS) is 10.3. The van der Waals surface area contributed by atoms with Crippen molar-refractivity contribution in [3.8, 4) is 0 Å². The Morgan fingerprint density at radius 1 is 1.09 bits per heavy atom. The van der Waals surface area contributed by atoms with E-state index in [1.807, 2.05) is 0 Å². The Balaban J connectivity index is 2.83. The Morgan fingerprint density at radius 2 is 1.91 bits per heavy atom. The highest BCUT2D eigenvalue weighted by Gasteiger charge is 1.96. The molecule has 2 heterocycles. The van der Waals surface area contributed by atoms with Gasteiger partial charge in [0.15, 0.2) is 5.65 Å². The molecule has 4 heteroatoms. The van der Waals surface area contributed by atoms with Crippen molar-refractivity contribution in [1.82, 2.24) is 15.0 Å². The van der Waals surface area contributed by atoms with E-state index < -0.39 is 5.82 Å². The lowest BCUT2D eigenvalue weighted by Crippen LogP contribution is -1.86. The highest BCUT2D eigenvalue weighted by atomic mass is 19.1. The minimum absolute atomic E-state index is 0.391. The van der Waals surface area contributed by atoms with Gasteiger partial charge < -0.3 is 0 Å². The molecule has 11 heavy (non-hydrogen) atoms. The number of hydrogen-bond donors (Lipinski definition) is 0. The second kappa shape index (κ2) is 2.23. The van der Waals surface area contributed by atoms with Crippen molar-refractivity contribution in [3.05, 3.63) is 30.5 Å². The summed E-state index contributed by atoms with van der Waals surface area (Å²) in [6, 6.07) is 1.30. The molecule has 2 rings (SSSR count). The van der Waals surface area contributed by atoms with Crippen molar-refractivity contribution in [2.75, 3.05) is 0 Å². The molecule has 2 aromatic heterocycles. The maximum Gasteiger partial charge on any atom is 0.178 e. The van der Waals surface area contributed by atoms with Gasteiger partial charge in [-0.25, -0.2) is 14.4 Å². The maximum atomic E-state index is 12.5. The van der Waals surface area contributed by atoms with Crippen LogP contribution in [0, 0.1) is 5.82 Å². The molecule has 54 valence electrons. The molecule has 0 saturated heterocycles. The molecule has 2 aromatic rings. The number of rotatable bonds is 0. The van der Waals surface area contributed by atoms with Crippen LogP contribution < -0.4 is 0 Å². The highest BCUT2D eigenvalue weighted by molar-refractivity contribution is 5.68. The summed E-state index contributed by atoms with van der Waals surface area (Å²) in [4.78, 5) is 11.5. The fourth-order valence-electron chi connectivity index (χ4n) is 0.833. The lowest BCUT2D eigenvalue weighted by atomic mass is 10.4. The standard InChI is InChI=1S/C7H4FN3/c8-5-3-6-7(11-4-5)10-2-1-9-6/h1-4H. The van der Waals surface area contributed by atoms with Crippen LogP contribution in [-0.2, 0) is 0 Å². The second-order valence-corrected chi connectivity index (χ2v) is 2.05. The van der Waals surface area contributed by atoms with Crippen LogP contribution in [0.3, 0.4) is 0 Å². The number of fused-ring (bicyclic) bond motifs is 1. The molecule has 0 N–H and O–H groups in total. The van der Waals surface area contributed by atoms with Crippen molar-refractivity contribution in [2.24, 2.45) is 0 Å². The van der Waals surface area contributed by atoms with E-state index in [1.54, 1.807) is 0 Å². The van der Waals surface area contributed by atoms with Crippen LogP contribution in [0.1, 0.15) is 0 Å². The van der Waals surface area contributed by atoms with Crippen molar-refractivity contribution >= 4 is 11.2 Å². The lowest BCUT2D eigenvalue weighted by Gasteiger charge is -1.92. The Bertz CT molecular complexity index is 388. The largest absolute Gasteiger partial charge is 0.251 e. The molecular weight excluding hydrogens is 145 g/mol. The SMILES string of the molecule is Fc1cnc2nccnc2c1. The number of nitrogens with zero attached hydrogens (tertiary/aromatic N) is 3. The van der Waals surface area contributed by atoms with Gasteiger partial charge in [0.2, 0.25) is 0 Å². The van der Waals surface area contributed by atoms with Crippen LogP contribution in [0.2, 0.25) is 0 Å². The van der Waals surface area contributed by atoms with Gasteiger partial charge in [0, 0.05) is 18.5 Å². The maximum absolute atomic E-state index is 12.5. The number of pyridine rings is 1. The molecule has 0 fully saturated rings. The Labute approximate surface area is 61.9 Å².